The number of hydrogen-bond donors (Lipinski definition) is 0. The quantitative estimate of drug-likeness (QED) is 0.197. The van der Waals surface area contributed by atoms with Crippen LogP contribution in [0.2, 0.25) is 0 Å². The highest BCUT2D eigenvalue weighted by Gasteiger charge is 2.30. The summed E-state index contributed by atoms with van der Waals surface area (Å²) < 4.78 is 17.8. The molecule has 2 aliphatic rings. The highest BCUT2D eigenvalue weighted by molar-refractivity contribution is 5.70. The molecule has 0 saturated carbocycles. The first kappa shape index (κ1) is 22.8. The molecule has 0 bridgehead atoms. The fourth-order valence-electron chi connectivity index (χ4n) is 2.69. The summed E-state index contributed by atoms with van der Waals surface area (Å²) in [6, 6.07) is 0. The highest BCUT2D eigenvalue weighted by atomic mass is 127. The minimum Gasteiger partial charge on any atom is -1.00 e. The van der Waals surface area contributed by atoms with Crippen molar-refractivity contribution in [3.63, 3.8) is 0 Å². The summed E-state index contributed by atoms with van der Waals surface area (Å²) in [7, 11) is 4.30. The van der Waals surface area contributed by atoms with Crippen LogP contribution < -0.4 is 48.0 Å². The van der Waals surface area contributed by atoms with Crippen molar-refractivity contribution in [2.45, 2.75) is 0 Å². The van der Waals surface area contributed by atoms with E-state index in [0.29, 0.717) is 13.2 Å². The highest BCUT2D eigenvalue weighted by Crippen LogP contribution is 2.09. The zero-order valence-corrected chi connectivity index (χ0v) is 17.9. The molecule has 2 rings (SSSR count). The molecular weight excluding hydrogens is 514 g/mol. The first-order valence-electron chi connectivity index (χ1n) is 7.50. The summed E-state index contributed by atoms with van der Waals surface area (Å²) in [5.74, 6) is -0.0886. The van der Waals surface area contributed by atoms with Crippen molar-refractivity contribution < 1.29 is 75.9 Å². The van der Waals surface area contributed by atoms with Crippen molar-refractivity contribution in [3.8, 4) is 0 Å². The van der Waals surface area contributed by atoms with Crippen LogP contribution in [0.5, 0.6) is 0 Å². The SMILES string of the molecule is C[N+]1(CCOC(=O)C[N+]2(C)CCOCC2)CCOCC1.[I-].[I-]. The van der Waals surface area contributed by atoms with Gasteiger partial charge in [-0.15, -0.1) is 0 Å². The first-order valence-corrected chi connectivity index (χ1v) is 7.50. The Hall–Kier alpha value is 0.770. The molecule has 8 heteroatoms. The van der Waals surface area contributed by atoms with Crippen LogP contribution in [0, 0.1) is 0 Å². The lowest BCUT2D eigenvalue weighted by Crippen LogP contribution is -3.00. The van der Waals surface area contributed by atoms with Crippen molar-refractivity contribution in [1.82, 2.24) is 0 Å². The second-order valence-corrected chi connectivity index (χ2v) is 6.46. The summed E-state index contributed by atoms with van der Waals surface area (Å²) in [6.07, 6.45) is 0. The maximum atomic E-state index is 12.0. The largest absolute Gasteiger partial charge is 1.00 e. The standard InChI is InChI=1S/C14H28N2O4.2HI/c1-15(3-8-18-9-4-15)7-12-20-14(17)13-16(2)5-10-19-11-6-16;;/h3-13H2,1-2H3;2*1H/q+2;;/p-2. The molecule has 0 N–H and O–H groups in total. The van der Waals surface area contributed by atoms with Crippen molar-refractivity contribution >= 4 is 5.97 Å². The number of esters is 1. The van der Waals surface area contributed by atoms with E-state index in [2.05, 4.69) is 14.1 Å². The Morgan fingerprint density at radius 2 is 1.36 bits per heavy atom. The van der Waals surface area contributed by atoms with Crippen LogP contribution in [0.4, 0.5) is 0 Å². The number of ether oxygens (including phenoxy) is 3. The third-order valence-electron chi connectivity index (χ3n) is 4.51. The average molecular weight is 542 g/mol. The van der Waals surface area contributed by atoms with Crippen LogP contribution >= 0.6 is 0 Å². The second kappa shape index (κ2) is 10.6. The predicted molar refractivity (Wildman–Crippen MR) is 74.2 cm³/mol. The van der Waals surface area contributed by atoms with Gasteiger partial charge >= 0.3 is 5.97 Å². The molecule has 0 aromatic heterocycles. The molecule has 0 atom stereocenters. The number of halogens is 2. The molecule has 6 nitrogen and oxygen atoms in total. The van der Waals surface area contributed by atoms with Gasteiger partial charge in [-0.05, 0) is 0 Å². The van der Waals surface area contributed by atoms with Gasteiger partial charge in [-0.2, -0.15) is 0 Å². The molecule has 0 unspecified atom stereocenters. The van der Waals surface area contributed by atoms with Crippen molar-refractivity contribution in [2.24, 2.45) is 0 Å². The molecule has 0 aliphatic carbocycles. The molecule has 0 spiro atoms. The lowest BCUT2D eigenvalue weighted by molar-refractivity contribution is -0.917. The number of carbonyl (C=O) groups is 1. The number of hydrogen-bond acceptors (Lipinski definition) is 4. The normalized spacial score (nSPS) is 22.8. The molecule has 2 aliphatic heterocycles. The summed E-state index contributed by atoms with van der Waals surface area (Å²) in [4.78, 5) is 12.0. The molecule has 2 saturated heterocycles. The van der Waals surface area contributed by atoms with Crippen molar-refractivity contribution in [2.75, 3.05) is 86.4 Å². The summed E-state index contributed by atoms with van der Waals surface area (Å²) in [5.41, 5.74) is 0. The van der Waals surface area contributed by atoms with E-state index >= 15 is 0 Å². The Morgan fingerprint density at radius 1 is 0.909 bits per heavy atom. The Morgan fingerprint density at radius 3 is 1.86 bits per heavy atom. The van der Waals surface area contributed by atoms with E-state index in [9.17, 15) is 4.79 Å². The van der Waals surface area contributed by atoms with Crippen LogP contribution in [-0.2, 0) is 19.0 Å². The van der Waals surface area contributed by atoms with E-state index in [4.69, 9.17) is 14.2 Å². The van der Waals surface area contributed by atoms with Gasteiger partial charge in [0.25, 0.3) is 0 Å². The number of rotatable bonds is 5. The van der Waals surface area contributed by atoms with E-state index in [1.54, 1.807) is 0 Å². The minimum atomic E-state index is -0.0886. The topological polar surface area (TPSA) is 44.8 Å². The smallest absolute Gasteiger partial charge is 0.361 e. The fraction of sp³-hybridized carbons (Fsp3) is 0.929. The average Bonchev–Trinajstić information content (AvgIpc) is 2.39. The second-order valence-electron chi connectivity index (χ2n) is 6.46. The number of nitrogens with zero attached hydrogens (tertiary/aromatic N) is 2. The Labute approximate surface area is 167 Å². The van der Waals surface area contributed by atoms with Crippen molar-refractivity contribution in [1.29, 1.82) is 0 Å². The number of quaternary nitrogens is 2. The van der Waals surface area contributed by atoms with Gasteiger partial charge in [-0.1, -0.05) is 0 Å². The molecule has 2 heterocycles. The molecule has 0 radical (unpaired) electrons. The van der Waals surface area contributed by atoms with Crippen LogP contribution in [0.15, 0.2) is 0 Å². The maximum absolute atomic E-state index is 12.0. The minimum absolute atomic E-state index is 0. The monoisotopic (exact) mass is 542 g/mol. The molecule has 2 fully saturated rings. The zero-order valence-electron chi connectivity index (χ0n) is 13.6. The van der Waals surface area contributed by atoms with E-state index in [-0.39, 0.29) is 53.9 Å². The number of carbonyl (C=O) groups excluding carboxylic acids is 1. The van der Waals surface area contributed by atoms with E-state index in [1.807, 2.05) is 0 Å². The van der Waals surface area contributed by atoms with E-state index in [1.165, 1.54) is 0 Å². The molecular formula is C14H28I2N2O4. The third kappa shape index (κ3) is 7.56. The number of likely N-dealkylation sites (N-methyl/N-ethyl adjacent to an activating group) is 2. The lowest BCUT2D eigenvalue weighted by Gasteiger charge is -2.38. The maximum Gasteiger partial charge on any atom is 0.361 e. The first-order chi connectivity index (χ1) is 9.52. The van der Waals surface area contributed by atoms with Gasteiger partial charge in [-0.25, -0.2) is 4.79 Å². The summed E-state index contributed by atoms with van der Waals surface area (Å²) >= 11 is 0. The Kier molecular flexibility index (Phi) is 11.0. The summed E-state index contributed by atoms with van der Waals surface area (Å²) in [5, 5.41) is 0. The molecule has 22 heavy (non-hydrogen) atoms. The van der Waals surface area contributed by atoms with Gasteiger partial charge in [0.05, 0.1) is 40.5 Å². The van der Waals surface area contributed by atoms with Gasteiger partial charge in [0.1, 0.15) is 39.3 Å². The third-order valence-corrected chi connectivity index (χ3v) is 4.51. The van der Waals surface area contributed by atoms with Gasteiger partial charge in [0, 0.05) is 0 Å². The lowest BCUT2D eigenvalue weighted by atomic mass is 10.3. The van der Waals surface area contributed by atoms with Gasteiger partial charge in [0.2, 0.25) is 0 Å². The summed E-state index contributed by atoms with van der Waals surface area (Å²) in [6.45, 7) is 8.70. The predicted octanol–water partition coefficient (Wildman–Crippen LogP) is -6.51. The van der Waals surface area contributed by atoms with Crippen LogP contribution in [0.1, 0.15) is 0 Å². The molecule has 0 aromatic rings. The zero-order chi connectivity index (χ0) is 14.5. The van der Waals surface area contributed by atoms with Gasteiger partial charge < -0.3 is 71.1 Å². The van der Waals surface area contributed by atoms with Gasteiger partial charge in [0.15, 0.2) is 6.54 Å². The molecule has 132 valence electrons. The number of morpholine rings is 2. The fourth-order valence-corrected chi connectivity index (χ4v) is 2.69. The van der Waals surface area contributed by atoms with Crippen LogP contribution in [0.3, 0.4) is 0 Å². The van der Waals surface area contributed by atoms with E-state index < -0.39 is 0 Å². The van der Waals surface area contributed by atoms with Crippen molar-refractivity contribution in [3.05, 3.63) is 0 Å². The van der Waals surface area contributed by atoms with Crippen LogP contribution in [-0.4, -0.2) is 101 Å². The Bertz CT molecular complexity index is 333. The molecule has 0 amide bonds. The van der Waals surface area contributed by atoms with E-state index in [0.717, 1.165) is 68.1 Å². The molecule has 0 aromatic carbocycles. The Balaban J connectivity index is 0.00000220. The van der Waals surface area contributed by atoms with Crippen LogP contribution in [0.25, 0.3) is 0 Å². The van der Waals surface area contributed by atoms with Gasteiger partial charge in [-0.3, -0.25) is 0 Å².